The maximum absolute atomic E-state index is 12.6. The quantitative estimate of drug-likeness (QED) is 0.802. The van der Waals surface area contributed by atoms with Crippen molar-refractivity contribution in [3.8, 4) is 5.75 Å². The highest BCUT2D eigenvalue weighted by Crippen LogP contribution is 2.27. The number of anilines is 1. The van der Waals surface area contributed by atoms with Gasteiger partial charge in [-0.1, -0.05) is 6.07 Å². The average Bonchev–Trinajstić information content (AvgIpc) is 2.94. The summed E-state index contributed by atoms with van der Waals surface area (Å²) in [4.78, 5) is 0.114. The molecule has 7 heteroatoms. The molecule has 0 spiro atoms. The molecule has 2 aromatic heterocycles. The Kier molecular flexibility index (Phi) is 3.50. The van der Waals surface area contributed by atoms with Crippen LogP contribution in [0.5, 0.6) is 5.75 Å². The van der Waals surface area contributed by atoms with Crippen LogP contribution in [0.1, 0.15) is 5.56 Å². The lowest BCUT2D eigenvalue weighted by atomic mass is 10.2. The molecule has 1 N–H and O–H groups in total. The molecule has 3 rings (SSSR count). The predicted molar refractivity (Wildman–Crippen MR) is 83.7 cm³/mol. The lowest BCUT2D eigenvalue weighted by molar-refractivity contribution is 0.402. The van der Waals surface area contributed by atoms with Crippen molar-refractivity contribution < 1.29 is 13.2 Å². The maximum Gasteiger partial charge on any atom is 0.265 e. The van der Waals surface area contributed by atoms with E-state index in [4.69, 9.17) is 4.74 Å². The minimum Gasteiger partial charge on any atom is -0.495 e. The number of nitrogens with zero attached hydrogens (tertiary/aromatic N) is 2. The van der Waals surface area contributed by atoms with Crippen molar-refractivity contribution in [1.29, 1.82) is 0 Å². The number of methoxy groups -OCH3 is 1. The standard InChI is InChI=1S/C15H15N3O3S/c1-11-3-4-14(21-2)15(9-11)22(19,20)17-12-6-8-18-13(10-12)5-7-16-18/h3-10,17H,1-2H3. The third kappa shape index (κ3) is 2.62. The number of nitrogens with one attached hydrogen (secondary N) is 1. The zero-order chi connectivity index (χ0) is 15.7. The topological polar surface area (TPSA) is 72.7 Å². The maximum atomic E-state index is 12.6. The fraction of sp³-hybridized carbons (Fsp3) is 0.133. The number of ether oxygens (including phenoxy) is 1. The van der Waals surface area contributed by atoms with Crippen LogP contribution in [0.15, 0.2) is 53.7 Å². The van der Waals surface area contributed by atoms with Crippen LogP contribution in [0.3, 0.4) is 0 Å². The van der Waals surface area contributed by atoms with Crippen molar-refractivity contribution in [3.05, 3.63) is 54.4 Å². The SMILES string of the molecule is COc1ccc(C)cc1S(=O)(=O)Nc1ccn2nccc2c1. The minimum atomic E-state index is -3.73. The highest BCUT2D eigenvalue weighted by Gasteiger charge is 2.20. The number of aromatic nitrogens is 2. The molecule has 1 aromatic carbocycles. The Labute approximate surface area is 128 Å². The molecule has 0 atom stereocenters. The van der Waals surface area contributed by atoms with Crippen LogP contribution in [0, 0.1) is 6.92 Å². The molecule has 0 aliphatic carbocycles. The van der Waals surface area contributed by atoms with Gasteiger partial charge in [0.15, 0.2) is 0 Å². The Morgan fingerprint density at radius 3 is 2.77 bits per heavy atom. The van der Waals surface area contributed by atoms with E-state index >= 15 is 0 Å². The zero-order valence-electron chi connectivity index (χ0n) is 12.1. The molecule has 0 bridgehead atoms. The highest BCUT2D eigenvalue weighted by atomic mass is 32.2. The molecule has 0 fully saturated rings. The molecule has 0 saturated heterocycles. The van der Waals surface area contributed by atoms with Gasteiger partial charge >= 0.3 is 0 Å². The summed E-state index contributed by atoms with van der Waals surface area (Å²) in [6.45, 7) is 1.83. The molecule has 0 saturated carbocycles. The van der Waals surface area contributed by atoms with Gasteiger partial charge in [0.2, 0.25) is 0 Å². The zero-order valence-corrected chi connectivity index (χ0v) is 13.0. The molecular weight excluding hydrogens is 302 g/mol. The van der Waals surface area contributed by atoms with Crippen molar-refractivity contribution in [2.45, 2.75) is 11.8 Å². The van der Waals surface area contributed by atoms with E-state index in [9.17, 15) is 8.42 Å². The van der Waals surface area contributed by atoms with Gasteiger partial charge in [-0.15, -0.1) is 0 Å². The Morgan fingerprint density at radius 2 is 2.00 bits per heavy atom. The number of hydrogen-bond donors (Lipinski definition) is 1. The van der Waals surface area contributed by atoms with E-state index < -0.39 is 10.0 Å². The van der Waals surface area contributed by atoms with Crippen LogP contribution in [0.25, 0.3) is 5.52 Å². The summed E-state index contributed by atoms with van der Waals surface area (Å²) in [5.74, 6) is 0.309. The van der Waals surface area contributed by atoms with Crippen LogP contribution < -0.4 is 9.46 Å². The number of pyridine rings is 1. The fourth-order valence-electron chi connectivity index (χ4n) is 2.19. The number of sulfonamides is 1. The smallest absolute Gasteiger partial charge is 0.265 e. The van der Waals surface area contributed by atoms with Crippen LogP contribution in [-0.4, -0.2) is 25.1 Å². The second kappa shape index (κ2) is 5.34. The third-order valence-electron chi connectivity index (χ3n) is 3.26. The van der Waals surface area contributed by atoms with E-state index in [2.05, 4.69) is 9.82 Å². The van der Waals surface area contributed by atoms with Gasteiger partial charge in [-0.2, -0.15) is 5.10 Å². The van der Waals surface area contributed by atoms with Gasteiger partial charge in [-0.05, 0) is 42.8 Å². The molecule has 114 valence electrons. The summed E-state index contributed by atoms with van der Waals surface area (Å²) in [5.41, 5.74) is 2.11. The first-order chi connectivity index (χ1) is 10.5. The Hall–Kier alpha value is -2.54. The molecule has 0 radical (unpaired) electrons. The molecule has 22 heavy (non-hydrogen) atoms. The Morgan fingerprint density at radius 1 is 1.18 bits per heavy atom. The first-order valence-corrected chi connectivity index (χ1v) is 8.09. The lowest BCUT2D eigenvalue weighted by Gasteiger charge is -2.12. The second-order valence-electron chi connectivity index (χ2n) is 4.88. The van der Waals surface area contributed by atoms with Crippen molar-refractivity contribution in [2.24, 2.45) is 0 Å². The Balaban J connectivity index is 2.01. The summed E-state index contributed by atoms with van der Waals surface area (Å²) in [6, 6.07) is 10.2. The van der Waals surface area contributed by atoms with Gasteiger partial charge in [-0.3, -0.25) is 4.72 Å². The molecule has 3 aromatic rings. The van der Waals surface area contributed by atoms with Gasteiger partial charge in [0.25, 0.3) is 10.0 Å². The van der Waals surface area contributed by atoms with Crippen LogP contribution >= 0.6 is 0 Å². The van der Waals surface area contributed by atoms with Gasteiger partial charge < -0.3 is 4.74 Å². The number of aryl methyl sites for hydroxylation is 1. The van der Waals surface area contributed by atoms with Gasteiger partial charge in [0.1, 0.15) is 10.6 Å². The molecular formula is C15H15N3O3S. The molecule has 0 aliphatic heterocycles. The lowest BCUT2D eigenvalue weighted by Crippen LogP contribution is -2.14. The number of benzene rings is 1. The van der Waals surface area contributed by atoms with Gasteiger partial charge in [-0.25, -0.2) is 12.9 Å². The summed E-state index contributed by atoms with van der Waals surface area (Å²) in [6.07, 6.45) is 3.35. The molecule has 6 nitrogen and oxygen atoms in total. The normalized spacial score (nSPS) is 11.5. The van der Waals surface area contributed by atoms with Gasteiger partial charge in [0.05, 0.1) is 18.3 Å². The number of rotatable bonds is 4. The molecule has 2 heterocycles. The van der Waals surface area contributed by atoms with E-state index in [1.807, 2.05) is 6.92 Å². The Bertz CT molecular complexity index is 932. The number of fused-ring (bicyclic) bond motifs is 1. The van der Waals surface area contributed by atoms with Crippen LogP contribution in [0.4, 0.5) is 5.69 Å². The van der Waals surface area contributed by atoms with Crippen LogP contribution in [0.2, 0.25) is 0 Å². The van der Waals surface area contributed by atoms with Crippen molar-refractivity contribution in [2.75, 3.05) is 11.8 Å². The summed E-state index contributed by atoms with van der Waals surface area (Å²) < 4.78 is 34.6. The molecule has 0 unspecified atom stereocenters. The van der Waals surface area contributed by atoms with E-state index in [-0.39, 0.29) is 4.90 Å². The molecule has 0 aliphatic rings. The monoisotopic (exact) mass is 317 g/mol. The molecule has 0 amide bonds. The van der Waals surface area contributed by atoms with E-state index in [1.165, 1.54) is 7.11 Å². The third-order valence-corrected chi connectivity index (χ3v) is 4.66. The fourth-order valence-corrected chi connectivity index (χ4v) is 3.49. The average molecular weight is 317 g/mol. The predicted octanol–water partition coefficient (Wildman–Crippen LogP) is 2.45. The van der Waals surface area contributed by atoms with Gasteiger partial charge in [0, 0.05) is 12.4 Å². The van der Waals surface area contributed by atoms with E-state index in [1.54, 1.807) is 53.3 Å². The van der Waals surface area contributed by atoms with E-state index in [0.29, 0.717) is 11.4 Å². The van der Waals surface area contributed by atoms with Crippen molar-refractivity contribution >= 4 is 21.2 Å². The number of hydrogen-bond acceptors (Lipinski definition) is 4. The van der Waals surface area contributed by atoms with Crippen molar-refractivity contribution in [1.82, 2.24) is 9.61 Å². The summed E-state index contributed by atoms with van der Waals surface area (Å²) >= 11 is 0. The van der Waals surface area contributed by atoms with Crippen LogP contribution in [-0.2, 0) is 10.0 Å². The largest absolute Gasteiger partial charge is 0.495 e. The van der Waals surface area contributed by atoms with E-state index in [0.717, 1.165) is 11.1 Å². The summed E-state index contributed by atoms with van der Waals surface area (Å²) in [5, 5.41) is 4.07. The summed E-state index contributed by atoms with van der Waals surface area (Å²) in [7, 11) is -2.29. The van der Waals surface area contributed by atoms with Crippen molar-refractivity contribution in [3.63, 3.8) is 0 Å². The first kappa shape index (κ1) is 14.4. The highest BCUT2D eigenvalue weighted by molar-refractivity contribution is 7.92. The minimum absolute atomic E-state index is 0.114. The second-order valence-corrected chi connectivity index (χ2v) is 6.53. The first-order valence-electron chi connectivity index (χ1n) is 6.60.